The van der Waals surface area contributed by atoms with E-state index >= 15 is 0 Å². The van der Waals surface area contributed by atoms with Crippen molar-refractivity contribution in [2.24, 2.45) is 10.9 Å². The minimum Gasteiger partial charge on any atom is -0.409 e. The Labute approximate surface area is 107 Å². The van der Waals surface area contributed by atoms with E-state index in [1.165, 1.54) is 0 Å². The van der Waals surface area contributed by atoms with Crippen molar-refractivity contribution >= 4 is 15.9 Å². The minimum atomic E-state index is -3.52. The number of nitrogens with zero attached hydrogens (tertiary/aromatic N) is 1. The number of oxime groups is 1. The lowest BCUT2D eigenvalue weighted by molar-refractivity contribution is 0.315. The van der Waals surface area contributed by atoms with E-state index in [0.717, 1.165) is 0 Å². The van der Waals surface area contributed by atoms with Gasteiger partial charge in [0, 0.05) is 0 Å². The van der Waals surface area contributed by atoms with Crippen molar-refractivity contribution in [2.75, 3.05) is 0 Å². The fraction of sp³-hybridized carbons (Fsp3) is 0.364. The van der Waals surface area contributed by atoms with Gasteiger partial charge < -0.3 is 10.9 Å². The van der Waals surface area contributed by atoms with Gasteiger partial charge in [0.25, 0.3) is 0 Å². The van der Waals surface area contributed by atoms with Crippen LogP contribution in [0, 0.1) is 0 Å². The first-order valence-corrected chi connectivity index (χ1v) is 7.15. The number of sulfonamides is 1. The summed E-state index contributed by atoms with van der Waals surface area (Å²) in [6.45, 7) is 1.74. The van der Waals surface area contributed by atoms with Gasteiger partial charge in [0.15, 0.2) is 5.84 Å². The van der Waals surface area contributed by atoms with Crippen molar-refractivity contribution in [1.29, 1.82) is 0 Å². The fourth-order valence-corrected chi connectivity index (χ4v) is 2.91. The zero-order valence-electron chi connectivity index (χ0n) is 10.1. The first-order chi connectivity index (χ1) is 8.48. The summed E-state index contributed by atoms with van der Waals surface area (Å²) >= 11 is 0. The van der Waals surface area contributed by atoms with Crippen LogP contribution in [-0.4, -0.2) is 25.5 Å². The summed E-state index contributed by atoms with van der Waals surface area (Å²) in [6, 6.07) is 8.11. The first kappa shape index (κ1) is 14.5. The minimum absolute atomic E-state index is 0.136. The molecule has 0 spiro atoms. The molecule has 100 valence electrons. The predicted molar refractivity (Wildman–Crippen MR) is 69.7 cm³/mol. The Morgan fingerprint density at radius 2 is 2.06 bits per heavy atom. The average Bonchev–Trinajstić information content (AvgIpc) is 2.35. The van der Waals surface area contributed by atoms with Crippen molar-refractivity contribution in [3.05, 3.63) is 35.9 Å². The quantitative estimate of drug-likeness (QED) is 0.305. The summed E-state index contributed by atoms with van der Waals surface area (Å²) in [5.74, 6) is -0.280. The molecular weight excluding hydrogens is 254 g/mol. The second-order valence-electron chi connectivity index (χ2n) is 3.85. The van der Waals surface area contributed by atoms with Gasteiger partial charge in [-0.15, -0.1) is 0 Å². The Kier molecular flexibility index (Phi) is 5.11. The summed E-state index contributed by atoms with van der Waals surface area (Å²) < 4.78 is 26.2. The Bertz CT molecular complexity index is 500. The molecule has 1 aromatic rings. The smallest absolute Gasteiger partial charge is 0.216 e. The van der Waals surface area contributed by atoms with E-state index in [0.29, 0.717) is 12.0 Å². The van der Waals surface area contributed by atoms with Crippen molar-refractivity contribution < 1.29 is 13.6 Å². The second kappa shape index (κ2) is 6.36. The van der Waals surface area contributed by atoms with Gasteiger partial charge in [0.1, 0.15) is 0 Å². The second-order valence-corrected chi connectivity index (χ2v) is 5.60. The van der Waals surface area contributed by atoms with Gasteiger partial charge in [0.2, 0.25) is 10.0 Å². The van der Waals surface area contributed by atoms with Crippen LogP contribution < -0.4 is 10.5 Å². The van der Waals surface area contributed by atoms with Gasteiger partial charge in [0.05, 0.1) is 11.8 Å². The van der Waals surface area contributed by atoms with Gasteiger partial charge in [-0.25, -0.2) is 13.1 Å². The maximum atomic E-state index is 11.9. The molecule has 7 heteroatoms. The van der Waals surface area contributed by atoms with Crippen LogP contribution in [0.15, 0.2) is 35.5 Å². The number of nitrogens with one attached hydrogen (secondary N) is 1. The van der Waals surface area contributed by atoms with Crippen LogP contribution in [0.4, 0.5) is 0 Å². The molecule has 1 unspecified atom stereocenters. The molecule has 0 radical (unpaired) electrons. The van der Waals surface area contributed by atoms with Crippen molar-refractivity contribution in [3.63, 3.8) is 0 Å². The van der Waals surface area contributed by atoms with E-state index in [-0.39, 0.29) is 11.6 Å². The van der Waals surface area contributed by atoms with E-state index in [1.807, 2.05) is 6.07 Å². The molecule has 18 heavy (non-hydrogen) atoms. The number of benzene rings is 1. The van der Waals surface area contributed by atoms with Crippen LogP contribution in [0.2, 0.25) is 0 Å². The number of hydrogen-bond acceptors (Lipinski definition) is 4. The molecule has 0 aliphatic heterocycles. The van der Waals surface area contributed by atoms with E-state index in [9.17, 15) is 8.42 Å². The standard InChI is InChI=1S/C11H17N3O3S/c1-2-10(11(12)13-15)14-18(16,17)8-9-6-4-3-5-7-9/h3-7,10,14-15H,2,8H2,1H3,(H2,12,13). The molecule has 0 bridgehead atoms. The molecule has 1 aromatic carbocycles. The molecule has 1 atom stereocenters. The lowest BCUT2D eigenvalue weighted by Gasteiger charge is -2.15. The van der Waals surface area contributed by atoms with Crippen LogP contribution in [0.25, 0.3) is 0 Å². The van der Waals surface area contributed by atoms with Crippen LogP contribution in [0.1, 0.15) is 18.9 Å². The topological polar surface area (TPSA) is 105 Å². The highest BCUT2D eigenvalue weighted by Crippen LogP contribution is 2.05. The maximum Gasteiger partial charge on any atom is 0.216 e. The Hall–Kier alpha value is -1.60. The molecule has 1 rings (SSSR count). The first-order valence-electron chi connectivity index (χ1n) is 5.50. The van der Waals surface area contributed by atoms with E-state index in [4.69, 9.17) is 10.9 Å². The highest BCUT2D eigenvalue weighted by molar-refractivity contribution is 7.88. The molecule has 0 aromatic heterocycles. The van der Waals surface area contributed by atoms with E-state index < -0.39 is 16.1 Å². The summed E-state index contributed by atoms with van der Waals surface area (Å²) in [5.41, 5.74) is 6.08. The third-order valence-corrected chi connectivity index (χ3v) is 3.76. The van der Waals surface area contributed by atoms with Crippen LogP contribution >= 0.6 is 0 Å². The van der Waals surface area contributed by atoms with Gasteiger partial charge in [-0.2, -0.15) is 0 Å². The molecule has 0 aliphatic carbocycles. The normalized spacial score (nSPS) is 14.4. The highest BCUT2D eigenvalue weighted by atomic mass is 32.2. The number of rotatable bonds is 6. The van der Waals surface area contributed by atoms with Crippen molar-refractivity contribution in [1.82, 2.24) is 4.72 Å². The molecule has 6 nitrogen and oxygen atoms in total. The summed E-state index contributed by atoms with van der Waals surface area (Å²) in [6.07, 6.45) is 0.407. The Morgan fingerprint density at radius 3 is 2.56 bits per heavy atom. The summed E-state index contributed by atoms with van der Waals surface area (Å²) in [7, 11) is -3.52. The molecular formula is C11H17N3O3S. The third-order valence-electron chi connectivity index (χ3n) is 2.40. The zero-order chi connectivity index (χ0) is 13.6. The zero-order valence-corrected chi connectivity index (χ0v) is 10.9. The molecule has 4 N–H and O–H groups in total. The van der Waals surface area contributed by atoms with Crippen LogP contribution in [-0.2, 0) is 15.8 Å². The summed E-state index contributed by atoms with van der Waals surface area (Å²) in [5, 5.41) is 11.4. The monoisotopic (exact) mass is 271 g/mol. The van der Waals surface area contributed by atoms with Crippen LogP contribution in [0.3, 0.4) is 0 Å². The Balaban J connectivity index is 2.76. The lowest BCUT2D eigenvalue weighted by Crippen LogP contribution is -2.44. The largest absolute Gasteiger partial charge is 0.409 e. The lowest BCUT2D eigenvalue weighted by atomic mass is 10.2. The average molecular weight is 271 g/mol. The number of amidine groups is 1. The number of hydrogen-bond donors (Lipinski definition) is 3. The van der Waals surface area contributed by atoms with Gasteiger partial charge in [-0.05, 0) is 12.0 Å². The fourth-order valence-electron chi connectivity index (χ4n) is 1.47. The molecule has 0 aliphatic rings. The SMILES string of the molecule is CCC(NS(=O)(=O)Cc1ccccc1)/C(N)=N/O. The highest BCUT2D eigenvalue weighted by Gasteiger charge is 2.20. The summed E-state index contributed by atoms with van der Waals surface area (Å²) in [4.78, 5) is 0. The van der Waals surface area contributed by atoms with Gasteiger partial charge >= 0.3 is 0 Å². The molecule has 0 amide bonds. The van der Waals surface area contributed by atoms with Crippen LogP contribution in [0.5, 0.6) is 0 Å². The van der Waals surface area contributed by atoms with Gasteiger partial charge in [-0.3, -0.25) is 0 Å². The maximum absolute atomic E-state index is 11.9. The van der Waals surface area contributed by atoms with E-state index in [1.54, 1.807) is 31.2 Å². The predicted octanol–water partition coefficient (Wildman–Crippen LogP) is 0.631. The van der Waals surface area contributed by atoms with E-state index in [2.05, 4.69) is 9.88 Å². The Morgan fingerprint density at radius 1 is 1.44 bits per heavy atom. The third kappa shape index (κ3) is 4.34. The molecule has 0 fully saturated rings. The van der Waals surface area contributed by atoms with Crippen molar-refractivity contribution in [2.45, 2.75) is 25.1 Å². The number of nitrogens with two attached hydrogens (primary N) is 1. The molecule has 0 saturated carbocycles. The van der Waals surface area contributed by atoms with Crippen molar-refractivity contribution in [3.8, 4) is 0 Å². The van der Waals surface area contributed by atoms with Gasteiger partial charge in [-0.1, -0.05) is 42.4 Å². The molecule has 0 heterocycles. The molecule has 0 saturated heterocycles.